The van der Waals surface area contributed by atoms with Crippen molar-refractivity contribution in [2.24, 2.45) is 0 Å². The highest BCUT2D eigenvalue weighted by molar-refractivity contribution is 5.79. The third-order valence-electron chi connectivity index (χ3n) is 3.96. The van der Waals surface area contributed by atoms with Crippen LogP contribution in [0, 0.1) is 10.1 Å². The number of nitrogens with zero attached hydrogens (tertiary/aromatic N) is 2. The normalized spacial score (nSPS) is 14.9. The summed E-state index contributed by atoms with van der Waals surface area (Å²) >= 11 is 0. The summed E-state index contributed by atoms with van der Waals surface area (Å²) in [4.78, 5) is 24.8. The van der Waals surface area contributed by atoms with E-state index in [-0.39, 0.29) is 18.0 Å². The number of rotatable bonds is 8. The molecule has 6 heteroatoms. The summed E-state index contributed by atoms with van der Waals surface area (Å²) in [5, 5.41) is 13.7. The first kappa shape index (κ1) is 16.4. The summed E-state index contributed by atoms with van der Waals surface area (Å²) in [6.07, 6.45) is 4.67. The first-order chi connectivity index (χ1) is 10.7. The van der Waals surface area contributed by atoms with Crippen LogP contribution in [0.1, 0.15) is 31.2 Å². The van der Waals surface area contributed by atoms with E-state index in [2.05, 4.69) is 10.2 Å². The van der Waals surface area contributed by atoms with Crippen LogP contribution in [0.4, 0.5) is 5.69 Å². The Morgan fingerprint density at radius 1 is 1.23 bits per heavy atom. The molecule has 2 rings (SSSR count). The Labute approximate surface area is 130 Å². The molecule has 0 atom stereocenters. The van der Waals surface area contributed by atoms with Crippen molar-refractivity contribution < 1.29 is 9.72 Å². The highest BCUT2D eigenvalue weighted by atomic mass is 16.6. The molecule has 1 heterocycles. The van der Waals surface area contributed by atoms with Gasteiger partial charge in [-0.2, -0.15) is 0 Å². The molecular weight excluding hydrogens is 282 g/mol. The van der Waals surface area contributed by atoms with Crippen LogP contribution in [-0.2, 0) is 11.2 Å². The number of hydrogen-bond acceptors (Lipinski definition) is 4. The number of amides is 1. The molecule has 0 radical (unpaired) electrons. The van der Waals surface area contributed by atoms with Crippen molar-refractivity contribution in [3.05, 3.63) is 39.9 Å². The van der Waals surface area contributed by atoms with Crippen molar-refractivity contribution in [3.63, 3.8) is 0 Å². The Balaban J connectivity index is 1.66. The molecule has 120 valence electrons. The zero-order valence-corrected chi connectivity index (χ0v) is 12.8. The first-order valence-electron chi connectivity index (χ1n) is 7.88. The van der Waals surface area contributed by atoms with Gasteiger partial charge in [-0.15, -0.1) is 0 Å². The van der Waals surface area contributed by atoms with E-state index < -0.39 is 4.92 Å². The number of hydrogen-bond donors (Lipinski definition) is 1. The van der Waals surface area contributed by atoms with Crippen molar-refractivity contribution in [1.29, 1.82) is 0 Å². The van der Waals surface area contributed by atoms with Gasteiger partial charge >= 0.3 is 0 Å². The van der Waals surface area contributed by atoms with E-state index in [4.69, 9.17) is 0 Å². The number of unbranched alkanes of at least 4 members (excludes halogenated alkanes) is 1. The second-order valence-corrected chi connectivity index (χ2v) is 5.67. The number of nitro benzene ring substituents is 1. The molecule has 0 bridgehead atoms. The Hall–Kier alpha value is -1.95. The molecule has 1 N–H and O–H groups in total. The van der Waals surface area contributed by atoms with Crippen molar-refractivity contribution in [2.75, 3.05) is 26.2 Å². The van der Waals surface area contributed by atoms with Crippen LogP contribution in [-0.4, -0.2) is 41.9 Å². The highest BCUT2D eigenvalue weighted by Crippen LogP contribution is 2.17. The van der Waals surface area contributed by atoms with Gasteiger partial charge in [0.25, 0.3) is 5.69 Å². The van der Waals surface area contributed by atoms with Gasteiger partial charge in [-0.1, -0.05) is 18.2 Å². The molecule has 1 aromatic carbocycles. The molecule has 1 aromatic rings. The van der Waals surface area contributed by atoms with Gasteiger partial charge in [-0.05, 0) is 45.3 Å². The van der Waals surface area contributed by atoms with Gasteiger partial charge in [0, 0.05) is 18.2 Å². The van der Waals surface area contributed by atoms with Crippen LogP contribution in [0.5, 0.6) is 0 Å². The molecular formula is C16H23N3O3. The molecule has 22 heavy (non-hydrogen) atoms. The molecule has 1 aliphatic rings. The number of likely N-dealkylation sites (tertiary alicyclic amines) is 1. The van der Waals surface area contributed by atoms with Crippen molar-refractivity contribution >= 4 is 11.6 Å². The Morgan fingerprint density at radius 3 is 2.68 bits per heavy atom. The fraction of sp³-hybridized carbons (Fsp3) is 0.562. The van der Waals surface area contributed by atoms with Gasteiger partial charge in [0.1, 0.15) is 0 Å². The van der Waals surface area contributed by atoms with Crippen LogP contribution in [0.3, 0.4) is 0 Å². The minimum atomic E-state index is -0.446. The Bertz CT molecular complexity index is 513. The van der Waals surface area contributed by atoms with Crippen molar-refractivity contribution in [1.82, 2.24) is 10.2 Å². The van der Waals surface area contributed by atoms with Gasteiger partial charge in [-0.3, -0.25) is 14.9 Å². The number of carbonyl (C=O) groups excluding carboxylic acids is 1. The van der Waals surface area contributed by atoms with Gasteiger partial charge in [0.2, 0.25) is 5.91 Å². The fourth-order valence-electron chi connectivity index (χ4n) is 2.77. The predicted octanol–water partition coefficient (Wildman–Crippen LogP) is 2.13. The van der Waals surface area contributed by atoms with E-state index >= 15 is 0 Å². The van der Waals surface area contributed by atoms with Crippen LogP contribution in [0.25, 0.3) is 0 Å². The number of nitrogens with one attached hydrogen (secondary N) is 1. The topological polar surface area (TPSA) is 75.5 Å². The maximum Gasteiger partial charge on any atom is 0.273 e. The summed E-state index contributed by atoms with van der Waals surface area (Å²) in [5.41, 5.74) is 0.466. The van der Waals surface area contributed by atoms with E-state index in [1.807, 2.05) is 0 Å². The molecule has 1 saturated heterocycles. The predicted molar refractivity (Wildman–Crippen MR) is 84.7 cm³/mol. The summed E-state index contributed by atoms with van der Waals surface area (Å²) in [7, 11) is 0. The SMILES string of the molecule is O=C(Cc1ccccc1[N+](=O)[O-])NCCCCN1CCCC1. The molecule has 0 spiro atoms. The molecule has 6 nitrogen and oxygen atoms in total. The second-order valence-electron chi connectivity index (χ2n) is 5.67. The lowest BCUT2D eigenvalue weighted by molar-refractivity contribution is -0.385. The average molecular weight is 305 g/mol. The van der Waals surface area contributed by atoms with Crippen molar-refractivity contribution in [2.45, 2.75) is 32.1 Å². The largest absolute Gasteiger partial charge is 0.356 e. The van der Waals surface area contributed by atoms with Gasteiger partial charge in [0.05, 0.1) is 11.3 Å². The minimum Gasteiger partial charge on any atom is -0.356 e. The molecule has 0 aromatic heterocycles. The second kappa shape index (κ2) is 8.48. The maximum absolute atomic E-state index is 11.9. The van der Waals surface area contributed by atoms with E-state index in [0.29, 0.717) is 12.1 Å². The molecule has 0 aliphatic carbocycles. The van der Waals surface area contributed by atoms with Crippen LogP contribution in [0.15, 0.2) is 24.3 Å². The van der Waals surface area contributed by atoms with E-state index in [0.717, 1.165) is 19.4 Å². The third kappa shape index (κ3) is 5.11. The monoisotopic (exact) mass is 305 g/mol. The lowest BCUT2D eigenvalue weighted by Gasteiger charge is -2.14. The zero-order valence-electron chi connectivity index (χ0n) is 12.8. The third-order valence-corrected chi connectivity index (χ3v) is 3.96. The number of benzene rings is 1. The van der Waals surface area contributed by atoms with E-state index in [1.54, 1.807) is 18.2 Å². The fourth-order valence-corrected chi connectivity index (χ4v) is 2.77. The van der Waals surface area contributed by atoms with Crippen LogP contribution < -0.4 is 5.32 Å². The lowest BCUT2D eigenvalue weighted by atomic mass is 10.1. The number of para-hydroxylation sites is 1. The van der Waals surface area contributed by atoms with Gasteiger partial charge < -0.3 is 10.2 Å². The molecule has 0 unspecified atom stereocenters. The Morgan fingerprint density at radius 2 is 1.95 bits per heavy atom. The number of carbonyl (C=O) groups is 1. The van der Waals surface area contributed by atoms with Crippen LogP contribution in [0.2, 0.25) is 0 Å². The summed E-state index contributed by atoms with van der Waals surface area (Å²) in [6, 6.07) is 6.38. The van der Waals surface area contributed by atoms with E-state index in [9.17, 15) is 14.9 Å². The maximum atomic E-state index is 11.9. The van der Waals surface area contributed by atoms with E-state index in [1.165, 1.54) is 32.0 Å². The summed E-state index contributed by atoms with van der Waals surface area (Å²) in [6.45, 7) is 4.13. The molecule has 1 aliphatic heterocycles. The van der Waals surface area contributed by atoms with Crippen molar-refractivity contribution in [3.8, 4) is 0 Å². The Kier molecular flexibility index (Phi) is 6.33. The quantitative estimate of drug-likeness (QED) is 0.453. The van der Waals surface area contributed by atoms with Crippen LogP contribution >= 0.6 is 0 Å². The number of nitro groups is 1. The summed E-state index contributed by atoms with van der Waals surface area (Å²) in [5.74, 6) is -0.157. The average Bonchev–Trinajstić information content (AvgIpc) is 3.00. The standard InChI is InChI=1S/C16H23N3O3/c20-16(13-14-7-1-2-8-15(14)19(21)22)17-9-3-4-10-18-11-5-6-12-18/h1-2,7-8H,3-6,9-13H2,(H,17,20). The first-order valence-corrected chi connectivity index (χ1v) is 7.88. The lowest BCUT2D eigenvalue weighted by Crippen LogP contribution is -2.27. The molecule has 0 saturated carbocycles. The van der Waals surface area contributed by atoms with Gasteiger partial charge in [-0.25, -0.2) is 0 Å². The van der Waals surface area contributed by atoms with Gasteiger partial charge in [0.15, 0.2) is 0 Å². The smallest absolute Gasteiger partial charge is 0.273 e. The molecule has 1 fully saturated rings. The highest BCUT2D eigenvalue weighted by Gasteiger charge is 2.15. The minimum absolute atomic E-state index is 0.00619. The molecule has 1 amide bonds. The zero-order chi connectivity index (χ0) is 15.8. The summed E-state index contributed by atoms with van der Waals surface area (Å²) < 4.78 is 0.